The molecule has 2 aromatic rings. The molecular formula is C27H36F2N6O3. The number of likely N-dealkylation sites (tertiary alicyclic amines) is 1. The first-order valence-corrected chi connectivity index (χ1v) is 13.7. The minimum Gasteiger partial charge on any atom is -0.370 e. The van der Waals surface area contributed by atoms with Gasteiger partial charge in [0.25, 0.3) is 5.92 Å². The number of rotatable bonds is 4. The van der Waals surface area contributed by atoms with Crippen molar-refractivity contribution in [3.63, 3.8) is 0 Å². The van der Waals surface area contributed by atoms with Crippen LogP contribution < -0.4 is 21.6 Å². The smallest absolute Gasteiger partial charge is 0.329 e. The average molecular weight is 531 g/mol. The monoisotopic (exact) mass is 530 g/mol. The summed E-state index contributed by atoms with van der Waals surface area (Å²) in [6.45, 7) is 1.79. The summed E-state index contributed by atoms with van der Waals surface area (Å²) >= 11 is 0. The van der Waals surface area contributed by atoms with Gasteiger partial charge in [-0.2, -0.15) is 0 Å². The molecule has 4 aliphatic rings. The number of imidazole rings is 1. The van der Waals surface area contributed by atoms with E-state index >= 15 is 8.78 Å². The lowest BCUT2D eigenvalue weighted by atomic mass is 9.68. The summed E-state index contributed by atoms with van der Waals surface area (Å²) in [5, 5.41) is 2.31. The summed E-state index contributed by atoms with van der Waals surface area (Å²) in [4.78, 5) is 40.9. The second-order valence-corrected chi connectivity index (χ2v) is 12.0. The molecule has 4 fully saturated rings. The number of imide groups is 1. The van der Waals surface area contributed by atoms with Crippen molar-refractivity contribution in [1.82, 2.24) is 19.4 Å². The normalized spacial score (nSPS) is 29.5. The number of halogens is 2. The van der Waals surface area contributed by atoms with E-state index in [9.17, 15) is 14.4 Å². The molecule has 1 atom stereocenters. The van der Waals surface area contributed by atoms with Gasteiger partial charge in [0.2, 0.25) is 11.8 Å². The highest BCUT2D eigenvalue weighted by Gasteiger charge is 2.62. The molecule has 0 radical (unpaired) electrons. The third-order valence-corrected chi connectivity index (χ3v) is 9.46. The quantitative estimate of drug-likeness (QED) is 0.586. The standard InChI is InChI=1S/C27H36F2N6O3/c1-32-22-12-19(6-7-20(22)35(25(32)38)21-8-9-23(36)31-24(21)37)34-14-26(15-34)10-11-33(16-27(26,28)29)13-17-2-4-18(30)5-3-17/h6-7,12,17-18,21H,2-5,8-11,13-16,30H2,1H3,(H,31,36,37). The van der Waals surface area contributed by atoms with Crippen LogP contribution in [0.15, 0.2) is 23.0 Å². The number of benzene rings is 1. The van der Waals surface area contributed by atoms with Gasteiger partial charge in [0.15, 0.2) is 0 Å². The molecule has 9 nitrogen and oxygen atoms in total. The molecule has 0 bridgehead atoms. The Bertz CT molecular complexity index is 1320. The van der Waals surface area contributed by atoms with Crippen LogP contribution in [0.3, 0.4) is 0 Å². The highest BCUT2D eigenvalue weighted by Crippen LogP contribution is 2.51. The molecule has 3 saturated heterocycles. The fourth-order valence-electron chi connectivity index (χ4n) is 7.01. The van der Waals surface area contributed by atoms with Crippen molar-refractivity contribution in [2.75, 3.05) is 37.6 Å². The van der Waals surface area contributed by atoms with Crippen molar-refractivity contribution in [3.05, 3.63) is 28.7 Å². The number of hydrogen-bond donors (Lipinski definition) is 2. The van der Waals surface area contributed by atoms with Gasteiger partial charge in [0, 0.05) is 44.8 Å². The summed E-state index contributed by atoms with van der Waals surface area (Å²) < 4.78 is 33.9. The second kappa shape index (κ2) is 9.15. The van der Waals surface area contributed by atoms with E-state index < -0.39 is 23.3 Å². The van der Waals surface area contributed by atoms with Crippen LogP contribution in [-0.2, 0) is 16.6 Å². The zero-order valence-corrected chi connectivity index (χ0v) is 21.8. The van der Waals surface area contributed by atoms with Gasteiger partial charge in [0.1, 0.15) is 6.04 Å². The summed E-state index contributed by atoms with van der Waals surface area (Å²) in [5.74, 6) is -3.12. The number of nitrogens with zero attached hydrogens (tertiary/aromatic N) is 4. The Balaban J connectivity index is 1.16. The van der Waals surface area contributed by atoms with Crippen LogP contribution in [-0.4, -0.2) is 70.5 Å². The van der Waals surface area contributed by atoms with Crippen LogP contribution in [0.4, 0.5) is 14.5 Å². The second-order valence-electron chi connectivity index (χ2n) is 12.0. The van der Waals surface area contributed by atoms with Gasteiger partial charge in [-0.3, -0.25) is 28.9 Å². The Morgan fingerprint density at radius 3 is 2.45 bits per heavy atom. The van der Waals surface area contributed by atoms with Crippen LogP contribution in [0.5, 0.6) is 0 Å². The van der Waals surface area contributed by atoms with Crippen LogP contribution in [0.1, 0.15) is 51.0 Å². The number of aryl methyl sites for hydroxylation is 1. The molecule has 206 valence electrons. The number of carbonyl (C=O) groups is 2. The number of piperidine rings is 2. The van der Waals surface area contributed by atoms with Crippen LogP contribution in [0.2, 0.25) is 0 Å². The molecule has 1 spiro atoms. The van der Waals surface area contributed by atoms with E-state index in [0.717, 1.165) is 37.9 Å². The molecule has 1 aromatic carbocycles. The van der Waals surface area contributed by atoms with Crippen LogP contribution >= 0.6 is 0 Å². The Hall–Kier alpha value is -2.79. The molecule has 6 rings (SSSR count). The van der Waals surface area contributed by atoms with Crippen molar-refractivity contribution in [1.29, 1.82) is 0 Å². The van der Waals surface area contributed by atoms with E-state index in [0.29, 0.717) is 29.9 Å². The lowest BCUT2D eigenvalue weighted by Crippen LogP contribution is -2.70. The predicted octanol–water partition coefficient (Wildman–Crippen LogP) is 1.98. The van der Waals surface area contributed by atoms with Gasteiger partial charge >= 0.3 is 5.69 Å². The summed E-state index contributed by atoms with van der Waals surface area (Å²) in [6, 6.07) is 4.95. The number of nitrogens with one attached hydrogen (secondary N) is 1. The van der Waals surface area contributed by atoms with E-state index in [-0.39, 0.29) is 50.1 Å². The first kappa shape index (κ1) is 25.5. The fourth-order valence-corrected chi connectivity index (χ4v) is 7.01. The lowest BCUT2D eigenvalue weighted by Gasteiger charge is -2.58. The molecule has 3 N–H and O–H groups in total. The maximum atomic E-state index is 15.5. The Kier molecular flexibility index (Phi) is 6.14. The third kappa shape index (κ3) is 4.14. The Morgan fingerprint density at radius 1 is 1.03 bits per heavy atom. The lowest BCUT2D eigenvalue weighted by molar-refractivity contribution is -0.181. The number of amides is 2. The number of fused-ring (bicyclic) bond motifs is 1. The van der Waals surface area contributed by atoms with E-state index in [1.54, 1.807) is 13.1 Å². The van der Waals surface area contributed by atoms with Crippen molar-refractivity contribution < 1.29 is 18.4 Å². The number of alkyl halides is 2. The Morgan fingerprint density at radius 2 is 1.76 bits per heavy atom. The molecule has 1 saturated carbocycles. The summed E-state index contributed by atoms with van der Waals surface area (Å²) in [6.07, 6.45) is 4.93. The van der Waals surface area contributed by atoms with Crippen molar-refractivity contribution in [2.45, 2.75) is 63.0 Å². The number of nitrogens with two attached hydrogens (primary N) is 1. The molecule has 2 amide bonds. The third-order valence-electron chi connectivity index (χ3n) is 9.46. The minimum atomic E-state index is -2.76. The van der Waals surface area contributed by atoms with Gasteiger partial charge in [-0.05, 0) is 69.2 Å². The van der Waals surface area contributed by atoms with Gasteiger partial charge in [-0.1, -0.05) is 0 Å². The van der Waals surface area contributed by atoms with Gasteiger partial charge < -0.3 is 10.6 Å². The van der Waals surface area contributed by atoms with Crippen molar-refractivity contribution in [2.24, 2.45) is 24.1 Å². The number of aromatic nitrogens is 2. The van der Waals surface area contributed by atoms with Gasteiger partial charge in [0.05, 0.1) is 23.0 Å². The zero-order chi connectivity index (χ0) is 26.8. The number of hydrogen-bond acceptors (Lipinski definition) is 6. The topological polar surface area (TPSA) is 106 Å². The minimum absolute atomic E-state index is 0.174. The molecule has 1 aromatic heterocycles. The van der Waals surface area contributed by atoms with Crippen LogP contribution in [0.25, 0.3) is 11.0 Å². The molecule has 3 aliphatic heterocycles. The molecule has 4 heterocycles. The Labute approximate surface area is 219 Å². The molecule has 1 unspecified atom stereocenters. The average Bonchev–Trinajstić information content (AvgIpc) is 3.08. The fraction of sp³-hybridized carbons (Fsp3) is 0.667. The molecule has 38 heavy (non-hydrogen) atoms. The van der Waals surface area contributed by atoms with E-state index in [1.807, 2.05) is 21.9 Å². The maximum absolute atomic E-state index is 15.5. The zero-order valence-electron chi connectivity index (χ0n) is 21.8. The summed E-state index contributed by atoms with van der Waals surface area (Å²) in [5.41, 5.74) is 6.64. The van der Waals surface area contributed by atoms with E-state index in [4.69, 9.17) is 5.73 Å². The highest BCUT2D eigenvalue weighted by atomic mass is 19.3. The van der Waals surface area contributed by atoms with Crippen molar-refractivity contribution in [3.8, 4) is 0 Å². The van der Waals surface area contributed by atoms with Crippen LogP contribution in [0, 0.1) is 11.3 Å². The first-order chi connectivity index (χ1) is 18.1. The SMILES string of the molecule is Cn1c(=O)n(C2CCC(=O)NC2=O)c2ccc(N3CC4(CCN(CC5CCC(N)CC5)CC4(F)F)C3)cc21. The largest absolute Gasteiger partial charge is 0.370 e. The van der Waals surface area contributed by atoms with Gasteiger partial charge in [-0.15, -0.1) is 0 Å². The predicted molar refractivity (Wildman–Crippen MR) is 139 cm³/mol. The maximum Gasteiger partial charge on any atom is 0.329 e. The van der Waals surface area contributed by atoms with E-state index in [2.05, 4.69) is 5.32 Å². The first-order valence-electron chi connectivity index (χ1n) is 13.7. The molecular weight excluding hydrogens is 494 g/mol. The summed E-state index contributed by atoms with van der Waals surface area (Å²) in [7, 11) is 1.64. The van der Waals surface area contributed by atoms with E-state index in [1.165, 1.54) is 9.13 Å². The molecule has 1 aliphatic carbocycles. The number of carbonyl (C=O) groups excluding carboxylic acids is 2. The van der Waals surface area contributed by atoms with Crippen molar-refractivity contribution >= 4 is 28.5 Å². The molecule has 11 heteroatoms. The highest BCUT2D eigenvalue weighted by molar-refractivity contribution is 6.00. The number of anilines is 1. The van der Waals surface area contributed by atoms with Gasteiger partial charge in [-0.25, -0.2) is 13.6 Å².